The van der Waals surface area contributed by atoms with Gasteiger partial charge in [-0.1, -0.05) is 40.2 Å². The molecule has 0 saturated heterocycles. The van der Waals surface area contributed by atoms with Gasteiger partial charge in [0.2, 0.25) is 0 Å². The summed E-state index contributed by atoms with van der Waals surface area (Å²) in [5.74, 6) is -0.406. The van der Waals surface area contributed by atoms with Gasteiger partial charge in [0, 0.05) is 10.2 Å². The lowest BCUT2D eigenvalue weighted by atomic mass is 10.1. The van der Waals surface area contributed by atoms with Gasteiger partial charge in [0.1, 0.15) is 11.6 Å². The molecule has 0 saturated carbocycles. The summed E-state index contributed by atoms with van der Waals surface area (Å²) in [6.07, 6.45) is 1.57. The molecule has 110 valence electrons. The lowest BCUT2D eigenvalue weighted by molar-refractivity contribution is -0.112. The van der Waals surface area contributed by atoms with Crippen molar-refractivity contribution in [1.82, 2.24) is 0 Å². The number of nitriles is 1. The lowest BCUT2D eigenvalue weighted by Gasteiger charge is -2.08. The first-order valence-electron chi connectivity index (χ1n) is 6.75. The third-order valence-corrected chi connectivity index (χ3v) is 3.66. The number of benzene rings is 2. The fourth-order valence-electron chi connectivity index (χ4n) is 1.97. The van der Waals surface area contributed by atoms with Crippen LogP contribution in [0, 0.1) is 25.2 Å². The van der Waals surface area contributed by atoms with E-state index in [1.807, 2.05) is 62.4 Å². The van der Waals surface area contributed by atoms with Gasteiger partial charge in [-0.3, -0.25) is 4.79 Å². The Morgan fingerprint density at radius 1 is 1.23 bits per heavy atom. The molecular weight excluding hydrogens is 340 g/mol. The molecule has 0 heterocycles. The maximum atomic E-state index is 12.3. The number of hydrogen-bond donors (Lipinski definition) is 1. The minimum atomic E-state index is -0.406. The number of halogens is 1. The van der Waals surface area contributed by atoms with Crippen LogP contribution >= 0.6 is 15.9 Å². The van der Waals surface area contributed by atoms with Crippen LogP contribution in [-0.4, -0.2) is 5.91 Å². The molecule has 0 fully saturated rings. The first-order valence-corrected chi connectivity index (χ1v) is 7.55. The van der Waals surface area contributed by atoms with Gasteiger partial charge in [-0.2, -0.15) is 5.26 Å². The number of nitrogens with one attached hydrogen (secondary N) is 1. The average molecular weight is 355 g/mol. The second kappa shape index (κ2) is 7.06. The van der Waals surface area contributed by atoms with Crippen molar-refractivity contribution >= 4 is 33.6 Å². The van der Waals surface area contributed by atoms with Crippen molar-refractivity contribution in [3.63, 3.8) is 0 Å². The minimum Gasteiger partial charge on any atom is -0.321 e. The van der Waals surface area contributed by atoms with Crippen molar-refractivity contribution in [3.8, 4) is 6.07 Å². The molecule has 1 N–H and O–H groups in total. The fourth-order valence-corrected chi connectivity index (χ4v) is 2.39. The predicted molar refractivity (Wildman–Crippen MR) is 92.3 cm³/mol. The van der Waals surface area contributed by atoms with Gasteiger partial charge in [0.05, 0.1) is 0 Å². The van der Waals surface area contributed by atoms with E-state index in [4.69, 9.17) is 0 Å². The monoisotopic (exact) mass is 354 g/mol. The quantitative estimate of drug-likeness (QED) is 0.646. The highest BCUT2D eigenvalue weighted by atomic mass is 79.9. The van der Waals surface area contributed by atoms with Gasteiger partial charge in [0.15, 0.2) is 0 Å². The van der Waals surface area contributed by atoms with Crippen LogP contribution in [0.2, 0.25) is 0 Å². The highest BCUT2D eigenvalue weighted by Gasteiger charge is 2.11. The summed E-state index contributed by atoms with van der Waals surface area (Å²) >= 11 is 3.37. The Balaban J connectivity index is 2.26. The van der Waals surface area contributed by atoms with Gasteiger partial charge in [-0.25, -0.2) is 0 Å². The Morgan fingerprint density at radius 3 is 2.68 bits per heavy atom. The average Bonchev–Trinajstić information content (AvgIpc) is 2.48. The van der Waals surface area contributed by atoms with E-state index in [-0.39, 0.29) is 5.57 Å². The van der Waals surface area contributed by atoms with E-state index < -0.39 is 5.91 Å². The Morgan fingerprint density at radius 2 is 2.00 bits per heavy atom. The molecule has 0 aliphatic heterocycles. The smallest absolute Gasteiger partial charge is 0.266 e. The van der Waals surface area contributed by atoms with Crippen LogP contribution in [0.4, 0.5) is 5.69 Å². The number of rotatable bonds is 3. The number of carbonyl (C=O) groups excluding carboxylic acids is 1. The van der Waals surface area contributed by atoms with E-state index in [1.54, 1.807) is 6.08 Å². The molecule has 22 heavy (non-hydrogen) atoms. The molecule has 0 unspecified atom stereocenters. The highest BCUT2D eigenvalue weighted by Crippen LogP contribution is 2.18. The first kappa shape index (κ1) is 16.0. The predicted octanol–water partition coefficient (Wildman–Crippen LogP) is 4.61. The number of anilines is 1. The van der Waals surface area contributed by atoms with Crippen LogP contribution in [0.1, 0.15) is 16.7 Å². The van der Waals surface area contributed by atoms with Crippen molar-refractivity contribution < 1.29 is 4.79 Å². The van der Waals surface area contributed by atoms with Gasteiger partial charge in [-0.05, 0) is 54.8 Å². The Hall–Kier alpha value is -2.38. The molecule has 0 atom stereocenters. The van der Waals surface area contributed by atoms with Gasteiger partial charge < -0.3 is 5.32 Å². The molecule has 2 aromatic rings. The third kappa shape index (κ3) is 4.06. The van der Waals surface area contributed by atoms with E-state index in [1.165, 1.54) is 0 Å². The Kier molecular flexibility index (Phi) is 5.13. The highest BCUT2D eigenvalue weighted by molar-refractivity contribution is 9.10. The second-order valence-corrected chi connectivity index (χ2v) is 5.91. The molecule has 0 radical (unpaired) electrons. The summed E-state index contributed by atoms with van der Waals surface area (Å²) in [7, 11) is 0. The third-order valence-electron chi connectivity index (χ3n) is 3.17. The fraction of sp³-hybridized carbons (Fsp3) is 0.111. The zero-order valence-corrected chi connectivity index (χ0v) is 13.9. The maximum Gasteiger partial charge on any atom is 0.266 e. The van der Waals surface area contributed by atoms with Crippen LogP contribution < -0.4 is 5.32 Å². The number of amides is 1. The molecule has 0 spiro atoms. The molecular formula is C18H15BrN2O. The maximum absolute atomic E-state index is 12.3. The molecule has 0 bridgehead atoms. The summed E-state index contributed by atoms with van der Waals surface area (Å²) < 4.78 is 0.897. The van der Waals surface area contributed by atoms with Crippen molar-refractivity contribution in [2.45, 2.75) is 13.8 Å². The van der Waals surface area contributed by atoms with E-state index in [0.29, 0.717) is 0 Å². The summed E-state index contributed by atoms with van der Waals surface area (Å²) in [6, 6.07) is 15.2. The molecule has 1 amide bonds. The molecule has 4 heteroatoms. The standard InChI is InChI=1S/C18H15BrN2O/c1-12-6-7-13(2)17(8-12)21-18(22)15(11-20)9-14-4-3-5-16(19)10-14/h3-10H,1-2H3,(H,21,22). The number of nitrogens with zero attached hydrogens (tertiary/aromatic N) is 1. The number of carbonyl (C=O) groups is 1. The minimum absolute atomic E-state index is 0.0685. The Labute approximate surface area is 138 Å². The number of hydrogen-bond acceptors (Lipinski definition) is 2. The van der Waals surface area contributed by atoms with Gasteiger partial charge in [-0.15, -0.1) is 0 Å². The molecule has 2 rings (SSSR count). The lowest BCUT2D eigenvalue weighted by Crippen LogP contribution is -2.14. The van der Waals surface area contributed by atoms with Crippen molar-refractivity contribution in [2.75, 3.05) is 5.32 Å². The van der Waals surface area contributed by atoms with Crippen molar-refractivity contribution in [1.29, 1.82) is 5.26 Å². The zero-order valence-electron chi connectivity index (χ0n) is 12.4. The summed E-state index contributed by atoms with van der Waals surface area (Å²) in [5, 5.41) is 12.0. The van der Waals surface area contributed by atoms with Crippen molar-refractivity contribution in [3.05, 3.63) is 69.2 Å². The van der Waals surface area contributed by atoms with Gasteiger partial charge >= 0.3 is 0 Å². The molecule has 0 aliphatic carbocycles. The summed E-state index contributed by atoms with van der Waals surface area (Å²) in [5.41, 5.74) is 3.59. The van der Waals surface area contributed by atoms with Gasteiger partial charge in [0.25, 0.3) is 5.91 Å². The zero-order chi connectivity index (χ0) is 16.1. The molecule has 2 aromatic carbocycles. The van der Waals surface area contributed by atoms with E-state index in [9.17, 15) is 10.1 Å². The van der Waals surface area contributed by atoms with E-state index in [0.717, 1.165) is 26.9 Å². The molecule has 0 aliphatic rings. The molecule has 3 nitrogen and oxygen atoms in total. The van der Waals surface area contributed by atoms with Crippen LogP contribution in [0.25, 0.3) is 6.08 Å². The summed E-state index contributed by atoms with van der Waals surface area (Å²) in [4.78, 5) is 12.3. The summed E-state index contributed by atoms with van der Waals surface area (Å²) in [6.45, 7) is 3.87. The second-order valence-electron chi connectivity index (χ2n) is 5.00. The van der Waals surface area contributed by atoms with E-state index in [2.05, 4.69) is 21.2 Å². The van der Waals surface area contributed by atoms with E-state index >= 15 is 0 Å². The normalized spacial score (nSPS) is 10.9. The van der Waals surface area contributed by atoms with Crippen LogP contribution in [0.5, 0.6) is 0 Å². The topological polar surface area (TPSA) is 52.9 Å². The van der Waals surface area contributed by atoms with Crippen LogP contribution in [0.3, 0.4) is 0 Å². The van der Waals surface area contributed by atoms with Crippen LogP contribution in [-0.2, 0) is 4.79 Å². The largest absolute Gasteiger partial charge is 0.321 e. The molecule has 0 aromatic heterocycles. The first-order chi connectivity index (χ1) is 10.5. The number of aryl methyl sites for hydroxylation is 2. The van der Waals surface area contributed by atoms with Crippen molar-refractivity contribution in [2.24, 2.45) is 0 Å². The Bertz CT molecular complexity index is 788. The SMILES string of the molecule is Cc1ccc(C)c(NC(=O)C(C#N)=Cc2cccc(Br)c2)c1. The van der Waals surface area contributed by atoms with Crippen LogP contribution in [0.15, 0.2) is 52.5 Å².